The minimum absolute atomic E-state index is 0.0149. The van der Waals surface area contributed by atoms with Crippen molar-refractivity contribution in [2.75, 3.05) is 5.73 Å². The Morgan fingerprint density at radius 2 is 2.29 bits per heavy atom. The molecule has 0 saturated heterocycles. The number of hydrogen-bond acceptors (Lipinski definition) is 7. The summed E-state index contributed by atoms with van der Waals surface area (Å²) < 4.78 is 4.75. The number of aromatic nitrogens is 2. The number of carbonyl (C=O) groups is 1. The van der Waals surface area contributed by atoms with Crippen molar-refractivity contribution in [2.24, 2.45) is 0 Å². The molecule has 0 bridgehead atoms. The number of nitrogen functional groups attached to an aromatic ring is 1. The van der Waals surface area contributed by atoms with E-state index in [4.69, 9.17) is 21.9 Å². The summed E-state index contributed by atoms with van der Waals surface area (Å²) in [4.78, 5) is 26.0. The zero-order valence-electron chi connectivity index (χ0n) is 10.8. The molecule has 2 rings (SSSR count). The summed E-state index contributed by atoms with van der Waals surface area (Å²) in [6.45, 7) is 1.63. The molecule has 10 heteroatoms. The molecule has 0 fully saturated rings. The van der Waals surface area contributed by atoms with Crippen LogP contribution in [0.1, 0.15) is 22.1 Å². The number of benzene rings is 1. The molecule has 9 nitrogen and oxygen atoms in total. The number of nitro groups is 1. The Hall–Kier alpha value is -2.68. The van der Waals surface area contributed by atoms with E-state index in [0.717, 1.165) is 6.07 Å². The van der Waals surface area contributed by atoms with Gasteiger partial charge in [-0.2, -0.15) is 4.98 Å². The highest BCUT2D eigenvalue weighted by Crippen LogP contribution is 2.30. The summed E-state index contributed by atoms with van der Waals surface area (Å²) in [6, 6.07) is 2.30. The van der Waals surface area contributed by atoms with E-state index < -0.39 is 16.5 Å². The fourth-order valence-electron chi connectivity index (χ4n) is 1.56. The van der Waals surface area contributed by atoms with Gasteiger partial charge in [0, 0.05) is 18.6 Å². The normalized spacial score (nSPS) is 10.4. The maximum atomic E-state index is 11.9. The molecule has 1 amide bonds. The van der Waals surface area contributed by atoms with Crippen molar-refractivity contribution in [3.63, 3.8) is 0 Å². The molecular formula is C11H10ClN5O4. The third-order valence-corrected chi connectivity index (χ3v) is 2.86. The first-order valence-corrected chi connectivity index (χ1v) is 6.07. The van der Waals surface area contributed by atoms with Crippen molar-refractivity contribution in [3.05, 3.63) is 44.5 Å². The van der Waals surface area contributed by atoms with E-state index in [1.165, 1.54) is 6.07 Å². The van der Waals surface area contributed by atoms with Crippen LogP contribution in [0, 0.1) is 17.0 Å². The number of nitrogens with two attached hydrogens (primary N) is 1. The van der Waals surface area contributed by atoms with E-state index in [0.29, 0.717) is 5.89 Å². The number of anilines is 1. The molecule has 1 aromatic carbocycles. The van der Waals surface area contributed by atoms with Gasteiger partial charge in [0.25, 0.3) is 11.6 Å². The maximum Gasteiger partial charge on any atom is 0.294 e. The van der Waals surface area contributed by atoms with Crippen LogP contribution in [0.3, 0.4) is 0 Å². The zero-order chi connectivity index (χ0) is 15.6. The van der Waals surface area contributed by atoms with Gasteiger partial charge in [0.2, 0.25) is 5.89 Å². The van der Waals surface area contributed by atoms with Gasteiger partial charge in [0.05, 0.1) is 16.5 Å². The molecule has 0 aliphatic rings. The van der Waals surface area contributed by atoms with E-state index in [2.05, 4.69) is 15.5 Å². The minimum Gasteiger partial charge on any atom is -0.392 e. The third kappa shape index (κ3) is 3.26. The Morgan fingerprint density at radius 1 is 1.57 bits per heavy atom. The van der Waals surface area contributed by atoms with Crippen molar-refractivity contribution in [2.45, 2.75) is 13.5 Å². The molecule has 0 aliphatic heterocycles. The standard InChI is InChI=1S/C11H10ClN5O4/c1-5-15-9(16-21-5)4-14-11(18)6-2-7(12)10(13)8(3-6)17(19)20/h2-3H,4,13H2,1H3,(H,14,18). The highest BCUT2D eigenvalue weighted by molar-refractivity contribution is 6.34. The first-order chi connectivity index (χ1) is 9.88. The number of nitro benzene ring substituents is 1. The molecule has 2 aromatic rings. The smallest absolute Gasteiger partial charge is 0.294 e. The van der Waals surface area contributed by atoms with Gasteiger partial charge < -0.3 is 15.6 Å². The Morgan fingerprint density at radius 3 is 2.86 bits per heavy atom. The van der Waals surface area contributed by atoms with E-state index >= 15 is 0 Å². The quantitative estimate of drug-likeness (QED) is 0.495. The second-order valence-corrected chi connectivity index (χ2v) is 4.47. The maximum absolute atomic E-state index is 11.9. The summed E-state index contributed by atoms with van der Waals surface area (Å²) in [6.07, 6.45) is 0. The van der Waals surface area contributed by atoms with Crippen LogP contribution in [0.15, 0.2) is 16.7 Å². The van der Waals surface area contributed by atoms with Gasteiger partial charge in [0.1, 0.15) is 5.69 Å². The third-order valence-electron chi connectivity index (χ3n) is 2.54. The van der Waals surface area contributed by atoms with Crippen LogP contribution in [-0.2, 0) is 6.54 Å². The second kappa shape index (κ2) is 5.75. The van der Waals surface area contributed by atoms with Crippen LogP contribution in [0.5, 0.6) is 0 Å². The molecule has 1 aromatic heterocycles. The number of amides is 1. The number of nitrogens with one attached hydrogen (secondary N) is 1. The van der Waals surface area contributed by atoms with E-state index in [1.54, 1.807) is 6.92 Å². The fraction of sp³-hybridized carbons (Fsp3) is 0.182. The summed E-state index contributed by atoms with van der Waals surface area (Å²) in [5.41, 5.74) is 4.88. The van der Waals surface area contributed by atoms with Crippen LogP contribution >= 0.6 is 11.6 Å². The van der Waals surface area contributed by atoms with E-state index in [-0.39, 0.29) is 28.6 Å². The van der Waals surface area contributed by atoms with Crippen LogP contribution < -0.4 is 11.1 Å². The van der Waals surface area contributed by atoms with Crippen molar-refractivity contribution >= 4 is 28.9 Å². The predicted molar refractivity (Wildman–Crippen MR) is 72.7 cm³/mol. The molecule has 0 spiro atoms. The van der Waals surface area contributed by atoms with Crippen LogP contribution in [0.4, 0.5) is 11.4 Å². The minimum atomic E-state index is -0.708. The molecule has 0 atom stereocenters. The van der Waals surface area contributed by atoms with Gasteiger partial charge >= 0.3 is 0 Å². The Labute approximate surface area is 123 Å². The summed E-state index contributed by atoms with van der Waals surface area (Å²) in [5, 5.41) is 16.9. The first-order valence-electron chi connectivity index (χ1n) is 5.69. The Kier molecular flexibility index (Phi) is 4.03. The average Bonchev–Trinajstić information content (AvgIpc) is 2.84. The van der Waals surface area contributed by atoms with Gasteiger partial charge in [-0.1, -0.05) is 16.8 Å². The SMILES string of the molecule is Cc1nc(CNC(=O)c2cc(Cl)c(N)c([N+](=O)[O-])c2)no1. The molecule has 110 valence electrons. The lowest BCUT2D eigenvalue weighted by Gasteiger charge is -2.05. The van der Waals surface area contributed by atoms with E-state index in [9.17, 15) is 14.9 Å². The molecular weight excluding hydrogens is 302 g/mol. The lowest BCUT2D eigenvalue weighted by molar-refractivity contribution is -0.383. The number of nitrogens with zero attached hydrogens (tertiary/aromatic N) is 3. The number of carbonyl (C=O) groups excluding carboxylic acids is 1. The number of halogens is 1. The van der Waals surface area contributed by atoms with Crippen molar-refractivity contribution in [1.29, 1.82) is 0 Å². The zero-order valence-corrected chi connectivity index (χ0v) is 11.5. The average molecular weight is 312 g/mol. The molecule has 21 heavy (non-hydrogen) atoms. The van der Waals surface area contributed by atoms with Gasteiger partial charge in [-0.15, -0.1) is 0 Å². The van der Waals surface area contributed by atoms with Gasteiger partial charge in [0.15, 0.2) is 5.82 Å². The van der Waals surface area contributed by atoms with Crippen molar-refractivity contribution in [1.82, 2.24) is 15.5 Å². The van der Waals surface area contributed by atoms with Gasteiger partial charge in [-0.05, 0) is 6.07 Å². The first kappa shape index (κ1) is 14.7. The summed E-state index contributed by atoms with van der Waals surface area (Å²) >= 11 is 5.78. The fourth-order valence-corrected chi connectivity index (χ4v) is 1.77. The largest absolute Gasteiger partial charge is 0.392 e. The lowest BCUT2D eigenvalue weighted by atomic mass is 10.1. The Balaban J connectivity index is 2.17. The van der Waals surface area contributed by atoms with Crippen molar-refractivity contribution in [3.8, 4) is 0 Å². The van der Waals surface area contributed by atoms with E-state index in [1.807, 2.05) is 0 Å². The number of hydrogen-bond donors (Lipinski definition) is 2. The highest BCUT2D eigenvalue weighted by atomic mass is 35.5. The van der Waals surface area contributed by atoms with Crippen molar-refractivity contribution < 1.29 is 14.2 Å². The van der Waals surface area contributed by atoms with Crippen LogP contribution in [0.2, 0.25) is 5.02 Å². The number of rotatable bonds is 4. The molecule has 3 N–H and O–H groups in total. The van der Waals surface area contributed by atoms with Gasteiger partial charge in [-0.3, -0.25) is 14.9 Å². The Bertz CT molecular complexity index is 715. The molecule has 0 unspecified atom stereocenters. The second-order valence-electron chi connectivity index (χ2n) is 4.06. The molecule has 0 radical (unpaired) electrons. The van der Waals surface area contributed by atoms with Crippen LogP contribution in [-0.4, -0.2) is 21.0 Å². The summed E-state index contributed by atoms with van der Waals surface area (Å²) in [5.74, 6) is 0.0877. The summed E-state index contributed by atoms with van der Waals surface area (Å²) in [7, 11) is 0. The predicted octanol–water partition coefficient (Wildman–Crippen LogP) is 1.45. The van der Waals surface area contributed by atoms with Crippen LogP contribution in [0.25, 0.3) is 0 Å². The topological polar surface area (TPSA) is 137 Å². The number of aryl methyl sites for hydroxylation is 1. The van der Waals surface area contributed by atoms with Gasteiger partial charge in [-0.25, -0.2) is 0 Å². The lowest BCUT2D eigenvalue weighted by Crippen LogP contribution is -2.23. The molecule has 0 aliphatic carbocycles. The monoisotopic (exact) mass is 311 g/mol. The molecule has 0 saturated carbocycles. The highest BCUT2D eigenvalue weighted by Gasteiger charge is 2.19. The molecule has 1 heterocycles.